The van der Waals surface area contributed by atoms with E-state index in [0.29, 0.717) is 27.4 Å². The molecule has 1 spiro atoms. The van der Waals surface area contributed by atoms with Gasteiger partial charge in [0.1, 0.15) is 11.5 Å². The molecule has 7 heteroatoms. The highest BCUT2D eigenvalue weighted by Gasteiger charge is 2.70. The van der Waals surface area contributed by atoms with Gasteiger partial charge in [-0.2, -0.15) is 0 Å². The van der Waals surface area contributed by atoms with Crippen LogP contribution < -0.4 is 5.32 Å². The van der Waals surface area contributed by atoms with Crippen molar-refractivity contribution in [2.75, 3.05) is 5.32 Å². The van der Waals surface area contributed by atoms with E-state index in [1.165, 1.54) is 0 Å². The van der Waals surface area contributed by atoms with Gasteiger partial charge in [-0.05, 0) is 65.2 Å². The van der Waals surface area contributed by atoms with Crippen LogP contribution in [0.4, 0.5) is 5.69 Å². The number of carbonyl (C=O) groups is 3. The zero-order valence-corrected chi connectivity index (χ0v) is 21.4. The number of para-hydroxylation sites is 1. The normalized spacial score (nSPS) is 24.2. The maximum atomic E-state index is 14.6. The second-order valence-electron chi connectivity index (χ2n) is 10.1. The minimum atomic E-state index is -1.36. The lowest BCUT2D eigenvalue weighted by Gasteiger charge is -2.38. The molecule has 6 nitrogen and oxygen atoms in total. The first-order chi connectivity index (χ1) is 19.0. The summed E-state index contributed by atoms with van der Waals surface area (Å²) in [6.07, 6.45) is 6.91. The zero-order valence-electron chi connectivity index (χ0n) is 20.6. The number of hydrogen-bond donors (Lipinski definition) is 1. The smallest absolute Gasteiger partial charge is 0.238 e. The summed E-state index contributed by atoms with van der Waals surface area (Å²) in [5, 5.41) is 3.56. The van der Waals surface area contributed by atoms with Crippen LogP contribution in [0.5, 0.6) is 0 Å². The summed E-state index contributed by atoms with van der Waals surface area (Å²) < 4.78 is 0. The van der Waals surface area contributed by atoms with Crippen molar-refractivity contribution in [1.82, 2.24) is 9.88 Å². The van der Waals surface area contributed by atoms with Crippen LogP contribution in [0.1, 0.15) is 43.4 Å². The van der Waals surface area contributed by atoms with Gasteiger partial charge in [0.25, 0.3) is 0 Å². The minimum absolute atomic E-state index is 0.248. The molecular formula is C32H22ClN3O3. The fourth-order valence-corrected chi connectivity index (χ4v) is 6.77. The van der Waals surface area contributed by atoms with E-state index in [-0.39, 0.29) is 17.5 Å². The number of halogens is 1. The van der Waals surface area contributed by atoms with Crippen molar-refractivity contribution in [2.24, 2.45) is 5.92 Å². The zero-order chi connectivity index (χ0) is 26.7. The van der Waals surface area contributed by atoms with Gasteiger partial charge < -0.3 is 10.2 Å². The van der Waals surface area contributed by atoms with Crippen LogP contribution in [-0.4, -0.2) is 33.4 Å². The highest BCUT2D eigenvalue weighted by Crippen LogP contribution is 2.62. The first-order valence-corrected chi connectivity index (χ1v) is 13.1. The van der Waals surface area contributed by atoms with Gasteiger partial charge in [0.15, 0.2) is 11.6 Å². The Kier molecular flexibility index (Phi) is 5.28. The van der Waals surface area contributed by atoms with Crippen molar-refractivity contribution in [3.63, 3.8) is 0 Å². The molecule has 4 unspecified atom stereocenters. The van der Waals surface area contributed by atoms with Crippen molar-refractivity contribution < 1.29 is 14.4 Å². The maximum Gasteiger partial charge on any atom is 0.238 e. The highest BCUT2D eigenvalue weighted by molar-refractivity contribution is 6.30. The molecule has 4 heterocycles. The van der Waals surface area contributed by atoms with Gasteiger partial charge in [-0.3, -0.25) is 19.4 Å². The van der Waals surface area contributed by atoms with E-state index >= 15 is 0 Å². The number of pyridine rings is 1. The van der Waals surface area contributed by atoms with Crippen molar-refractivity contribution >= 4 is 40.8 Å². The molecule has 0 aliphatic carbocycles. The molecule has 3 aliphatic rings. The number of anilines is 1. The van der Waals surface area contributed by atoms with Gasteiger partial charge in [0.05, 0.1) is 12.0 Å². The number of ketones is 2. The number of aromatic nitrogens is 1. The lowest BCUT2D eigenvalue weighted by atomic mass is 9.62. The Balaban J connectivity index is 1.54. The lowest BCUT2D eigenvalue weighted by Crippen LogP contribution is -2.49. The fourth-order valence-electron chi connectivity index (χ4n) is 6.65. The highest BCUT2D eigenvalue weighted by atomic mass is 35.5. The van der Waals surface area contributed by atoms with E-state index in [2.05, 4.69) is 10.3 Å². The number of rotatable bonds is 4. The number of carbonyl (C=O) groups excluding carboxylic acids is 3. The molecule has 1 N–H and O–H groups in total. The Labute approximate surface area is 229 Å². The van der Waals surface area contributed by atoms with E-state index in [4.69, 9.17) is 11.6 Å². The van der Waals surface area contributed by atoms with Crippen molar-refractivity contribution in [2.45, 2.75) is 17.5 Å². The molecule has 1 aromatic heterocycles. The summed E-state index contributed by atoms with van der Waals surface area (Å²) in [5.41, 5.74) is 2.68. The summed E-state index contributed by atoms with van der Waals surface area (Å²) in [6.45, 7) is 0. The molecule has 190 valence electrons. The van der Waals surface area contributed by atoms with Crippen LogP contribution in [0.15, 0.2) is 104 Å². The minimum Gasteiger partial charge on any atom is -0.358 e. The van der Waals surface area contributed by atoms with E-state index < -0.39 is 23.4 Å². The van der Waals surface area contributed by atoms with Gasteiger partial charge in [-0.1, -0.05) is 54.1 Å². The number of nitrogens with zero attached hydrogens (tertiary/aromatic N) is 2. The Bertz CT molecular complexity index is 1680. The monoisotopic (exact) mass is 531 g/mol. The quantitative estimate of drug-likeness (QED) is 0.341. The van der Waals surface area contributed by atoms with Crippen LogP contribution in [-0.2, 0) is 10.2 Å². The van der Waals surface area contributed by atoms with Gasteiger partial charge in [0, 0.05) is 40.4 Å². The molecule has 1 saturated heterocycles. The topological polar surface area (TPSA) is 79.4 Å². The molecule has 3 aromatic carbocycles. The maximum absolute atomic E-state index is 14.6. The molecule has 4 atom stereocenters. The van der Waals surface area contributed by atoms with Gasteiger partial charge >= 0.3 is 0 Å². The van der Waals surface area contributed by atoms with Gasteiger partial charge in [-0.25, -0.2) is 0 Å². The largest absolute Gasteiger partial charge is 0.358 e. The van der Waals surface area contributed by atoms with Crippen LogP contribution >= 0.6 is 11.6 Å². The predicted molar refractivity (Wildman–Crippen MR) is 148 cm³/mol. The van der Waals surface area contributed by atoms with Crippen LogP contribution in [0.25, 0.3) is 6.08 Å². The third-order valence-electron chi connectivity index (χ3n) is 8.22. The second kappa shape index (κ2) is 8.75. The average molecular weight is 532 g/mol. The summed E-state index contributed by atoms with van der Waals surface area (Å²) in [4.78, 5) is 49.4. The molecule has 0 radical (unpaired) electrons. The summed E-state index contributed by atoms with van der Waals surface area (Å²) >= 11 is 6.13. The fraction of sp³-hybridized carbons (Fsp3) is 0.125. The van der Waals surface area contributed by atoms with Crippen molar-refractivity contribution in [3.05, 3.63) is 136 Å². The lowest BCUT2D eigenvalue weighted by molar-refractivity contribution is -0.122. The van der Waals surface area contributed by atoms with E-state index in [9.17, 15) is 14.4 Å². The molecule has 0 saturated carbocycles. The van der Waals surface area contributed by atoms with Gasteiger partial charge in [-0.15, -0.1) is 0 Å². The summed E-state index contributed by atoms with van der Waals surface area (Å²) in [6, 6.07) is 23.7. The Morgan fingerprint density at radius 1 is 0.846 bits per heavy atom. The van der Waals surface area contributed by atoms with Crippen LogP contribution in [0.2, 0.25) is 5.02 Å². The molecule has 7 rings (SSSR count). The molecule has 1 fully saturated rings. The third-order valence-corrected chi connectivity index (χ3v) is 8.47. The van der Waals surface area contributed by atoms with Crippen LogP contribution in [0, 0.1) is 5.92 Å². The average Bonchev–Trinajstić information content (AvgIpc) is 3.45. The van der Waals surface area contributed by atoms with Crippen molar-refractivity contribution in [3.8, 4) is 0 Å². The number of amides is 1. The third kappa shape index (κ3) is 3.28. The Morgan fingerprint density at radius 2 is 1.54 bits per heavy atom. The predicted octanol–water partition coefficient (Wildman–Crippen LogP) is 5.72. The molecule has 0 bridgehead atoms. The van der Waals surface area contributed by atoms with E-state index in [1.807, 2.05) is 65.7 Å². The molecule has 4 aromatic rings. The Morgan fingerprint density at radius 3 is 2.33 bits per heavy atom. The van der Waals surface area contributed by atoms with Crippen LogP contribution in [0.3, 0.4) is 0 Å². The molecule has 39 heavy (non-hydrogen) atoms. The van der Waals surface area contributed by atoms with E-state index in [0.717, 1.165) is 11.1 Å². The number of Topliss-reactive ketones (excluding diaryl/α,β-unsaturated/α-hetero) is 2. The second-order valence-corrected chi connectivity index (χ2v) is 10.5. The summed E-state index contributed by atoms with van der Waals surface area (Å²) in [5.74, 6) is -1.84. The standard InChI is InChI=1S/C32H22ClN3O3/c33-22-11-9-20(10-12-22)29(38)27-26(28(37)21-13-16-34-17-14-21)32(24-7-3-4-8-25(24)35-31(32)39)30-23-6-2-1-5-19(23)15-18-36(27)30/h1-18,26-27,30H,(H,35,39). The number of hydrogen-bond acceptors (Lipinski definition) is 5. The number of fused-ring (bicyclic) bond motifs is 6. The molecule has 3 aliphatic heterocycles. The summed E-state index contributed by atoms with van der Waals surface area (Å²) in [7, 11) is 0. The number of nitrogens with one attached hydrogen (secondary N) is 1. The van der Waals surface area contributed by atoms with Crippen molar-refractivity contribution in [1.29, 1.82) is 0 Å². The first-order valence-electron chi connectivity index (χ1n) is 12.7. The van der Waals surface area contributed by atoms with Gasteiger partial charge in [0.2, 0.25) is 5.91 Å². The van der Waals surface area contributed by atoms with E-state index in [1.54, 1.807) is 48.8 Å². The SMILES string of the molecule is O=C(c1ccc(Cl)cc1)C1C(C(=O)c2ccncc2)C2(C(=O)Nc3ccccc32)C2c3ccccc3C=CN12. The number of benzene rings is 3. The molecule has 1 amide bonds. The first kappa shape index (κ1) is 23.6. The molecular weight excluding hydrogens is 510 g/mol. The Hall–Kier alpha value is -4.55.